The van der Waals surface area contributed by atoms with Crippen LogP contribution >= 0.6 is 24.0 Å². The lowest BCUT2D eigenvalue weighted by Crippen LogP contribution is -2.43. The van der Waals surface area contributed by atoms with Gasteiger partial charge < -0.3 is 20.9 Å². The molecule has 1 heterocycles. The Hall–Kier alpha value is -1.35. The second kappa shape index (κ2) is 14.7. The van der Waals surface area contributed by atoms with Gasteiger partial charge in [-0.3, -0.25) is 9.79 Å². The summed E-state index contributed by atoms with van der Waals surface area (Å²) in [6, 6.07) is 9.90. The van der Waals surface area contributed by atoms with E-state index in [1.54, 1.807) is 7.05 Å². The molecular weight excluding hydrogens is 453 g/mol. The molecule has 0 bridgehead atoms. The Morgan fingerprint density at radius 1 is 1.04 bits per heavy atom. The predicted octanol–water partition coefficient (Wildman–Crippen LogP) is 2.35. The molecule has 0 aromatic heterocycles. The zero-order valence-corrected chi connectivity index (χ0v) is 18.7. The van der Waals surface area contributed by atoms with Crippen LogP contribution < -0.4 is 16.0 Å². The number of carbonyl (C=O) groups excluding carboxylic acids is 1. The van der Waals surface area contributed by atoms with Crippen LogP contribution in [0.3, 0.4) is 0 Å². The van der Waals surface area contributed by atoms with Gasteiger partial charge in [0.2, 0.25) is 5.91 Å². The number of guanidine groups is 1. The fourth-order valence-electron chi connectivity index (χ4n) is 3.11. The van der Waals surface area contributed by atoms with Crippen molar-refractivity contribution >= 4 is 35.8 Å². The van der Waals surface area contributed by atoms with Gasteiger partial charge in [0.05, 0.1) is 6.54 Å². The molecule has 1 aliphatic rings. The maximum absolute atomic E-state index is 11.9. The molecule has 1 amide bonds. The van der Waals surface area contributed by atoms with Crippen molar-refractivity contribution in [2.75, 3.05) is 39.8 Å². The molecule has 2 rings (SSSR count). The van der Waals surface area contributed by atoms with Gasteiger partial charge in [0.25, 0.3) is 0 Å². The lowest BCUT2D eigenvalue weighted by Gasteiger charge is -2.20. The number of aliphatic imine (C=N–C) groups is 1. The lowest BCUT2D eigenvalue weighted by molar-refractivity contribution is -0.120. The van der Waals surface area contributed by atoms with E-state index in [0.29, 0.717) is 12.5 Å². The Morgan fingerprint density at radius 3 is 2.41 bits per heavy atom. The first-order valence-corrected chi connectivity index (χ1v) is 9.75. The molecule has 0 spiro atoms. The molecule has 1 aliphatic heterocycles. The summed E-state index contributed by atoms with van der Waals surface area (Å²) in [5.74, 6) is 0.636. The smallest absolute Gasteiger partial charge is 0.239 e. The Morgan fingerprint density at radius 2 is 1.74 bits per heavy atom. The molecule has 7 heteroatoms. The first-order valence-electron chi connectivity index (χ1n) is 9.75. The Bertz CT molecular complexity index is 545. The average Bonchev–Trinajstić information content (AvgIpc) is 2.95. The number of hydrogen-bond donors (Lipinski definition) is 3. The van der Waals surface area contributed by atoms with E-state index in [0.717, 1.165) is 25.1 Å². The summed E-state index contributed by atoms with van der Waals surface area (Å²) in [5.41, 5.74) is 1.09. The highest BCUT2D eigenvalue weighted by Gasteiger charge is 2.08. The molecule has 1 aromatic carbocycles. The van der Waals surface area contributed by atoms with Gasteiger partial charge in [-0.25, -0.2) is 0 Å². The van der Waals surface area contributed by atoms with Crippen molar-refractivity contribution < 1.29 is 4.79 Å². The minimum absolute atomic E-state index is 0. The van der Waals surface area contributed by atoms with Gasteiger partial charge in [-0.05, 0) is 44.5 Å². The second-order valence-electron chi connectivity index (χ2n) is 6.72. The summed E-state index contributed by atoms with van der Waals surface area (Å²) in [6.45, 7) is 5.22. The van der Waals surface area contributed by atoms with Gasteiger partial charge in [-0.15, -0.1) is 24.0 Å². The molecule has 152 valence electrons. The Labute approximate surface area is 180 Å². The minimum atomic E-state index is -0.0404. The molecule has 0 saturated carbocycles. The minimum Gasteiger partial charge on any atom is -0.356 e. The first-order chi connectivity index (χ1) is 12.8. The summed E-state index contributed by atoms with van der Waals surface area (Å²) in [5, 5.41) is 9.26. The number of nitrogens with zero attached hydrogens (tertiary/aromatic N) is 2. The van der Waals surface area contributed by atoms with E-state index < -0.39 is 0 Å². The van der Waals surface area contributed by atoms with Crippen molar-refractivity contribution in [2.24, 2.45) is 4.99 Å². The first kappa shape index (κ1) is 23.7. The molecule has 1 saturated heterocycles. The summed E-state index contributed by atoms with van der Waals surface area (Å²) in [7, 11) is 1.73. The van der Waals surface area contributed by atoms with Crippen molar-refractivity contribution in [3.63, 3.8) is 0 Å². The third kappa shape index (κ3) is 10.5. The average molecular weight is 487 g/mol. The van der Waals surface area contributed by atoms with Gasteiger partial charge in [0, 0.05) is 20.1 Å². The standard InChI is InChI=1S/C20H33N5O.HI/c1-21-20(22-12-9-15-25-13-7-2-3-8-14-25)24-17-19(26)23-16-18-10-5-4-6-11-18;/h4-6,10-11H,2-3,7-9,12-17H2,1H3,(H,23,26)(H2,21,22,24);1H. The largest absolute Gasteiger partial charge is 0.356 e. The number of rotatable bonds is 8. The highest BCUT2D eigenvalue weighted by atomic mass is 127. The number of carbonyl (C=O) groups is 1. The van der Waals surface area contributed by atoms with Crippen LogP contribution in [0.4, 0.5) is 0 Å². The molecule has 0 unspecified atom stereocenters. The molecular formula is C20H34IN5O. The van der Waals surface area contributed by atoms with Gasteiger partial charge >= 0.3 is 0 Å². The van der Waals surface area contributed by atoms with Crippen LogP contribution in [0.1, 0.15) is 37.7 Å². The van der Waals surface area contributed by atoms with Crippen LogP contribution in [0.15, 0.2) is 35.3 Å². The van der Waals surface area contributed by atoms with Gasteiger partial charge in [-0.2, -0.15) is 0 Å². The summed E-state index contributed by atoms with van der Waals surface area (Å²) in [6.07, 6.45) is 6.49. The van der Waals surface area contributed by atoms with Gasteiger partial charge in [-0.1, -0.05) is 43.2 Å². The van der Waals surface area contributed by atoms with Crippen molar-refractivity contribution in [1.29, 1.82) is 0 Å². The zero-order valence-electron chi connectivity index (χ0n) is 16.4. The molecule has 1 aromatic rings. The number of amides is 1. The molecule has 3 N–H and O–H groups in total. The third-order valence-corrected chi connectivity index (χ3v) is 4.61. The lowest BCUT2D eigenvalue weighted by atomic mass is 10.2. The highest BCUT2D eigenvalue weighted by molar-refractivity contribution is 14.0. The number of halogens is 1. The fraction of sp³-hybridized carbons (Fsp3) is 0.600. The van der Waals surface area contributed by atoms with E-state index >= 15 is 0 Å². The van der Waals surface area contributed by atoms with Gasteiger partial charge in [0.15, 0.2) is 5.96 Å². The summed E-state index contributed by atoms with van der Waals surface area (Å²) in [4.78, 5) is 18.7. The number of hydrogen-bond acceptors (Lipinski definition) is 3. The summed E-state index contributed by atoms with van der Waals surface area (Å²) >= 11 is 0. The maximum atomic E-state index is 11.9. The topological polar surface area (TPSA) is 68.8 Å². The molecule has 27 heavy (non-hydrogen) atoms. The van der Waals surface area contributed by atoms with Crippen molar-refractivity contribution in [3.8, 4) is 0 Å². The monoisotopic (exact) mass is 487 g/mol. The van der Waals surface area contributed by atoms with E-state index in [9.17, 15) is 4.79 Å². The number of likely N-dealkylation sites (tertiary alicyclic amines) is 1. The quantitative estimate of drug-likeness (QED) is 0.228. The second-order valence-corrected chi connectivity index (χ2v) is 6.72. The zero-order chi connectivity index (χ0) is 18.5. The van der Waals surface area contributed by atoms with Crippen LogP contribution in [0.25, 0.3) is 0 Å². The van der Waals surface area contributed by atoms with E-state index in [1.165, 1.54) is 38.8 Å². The van der Waals surface area contributed by atoms with Crippen LogP contribution in [0.2, 0.25) is 0 Å². The van der Waals surface area contributed by atoms with Crippen molar-refractivity contribution in [3.05, 3.63) is 35.9 Å². The van der Waals surface area contributed by atoms with Crippen LogP contribution in [0, 0.1) is 0 Å². The van der Waals surface area contributed by atoms with E-state index in [1.807, 2.05) is 30.3 Å². The molecule has 0 radical (unpaired) electrons. The number of nitrogens with one attached hydrogen (secondary N) is 3. The van der Waals surface area contributed by atoms with E-state index in [2.05, 4.69) is 25.8 Å². The van der Waals surface area contributed by atoms with Crippen LogP contribution in [0.5, 0.6) is 0 Å². The summed E-state index contributed by atoms with van der Waals surface area (Å²) < 4.78 is 0. The third-order valence-electron chi connectivity index (χ3n) is 4.61. The molecule has 1 fully saturated rings. The normalized spacial score (nSPS) is 15.4. The van der Waals surface area contributed by atoms with E-state index in [-0.39, 0.29) is 36.4 Å². The maximum Gasteiger partial charge on any atom is 0.239 e. The molecule has 6 nitrogen and oxygen atoms in total. The van der Waals surface area contributed by atoms with Crippen molar-refractivity contribution in [2.45, 2.75) is 38.6 Å². The number of benzene rings is 1. The molecule has 0 atom stereocenters. The van der Waals surface area contributed by atoms with Gasteiger partial charge in [0.1, 0.15) is 0 Å². The Balaban J connectivity index is 0.00000364. The highest BCUT2D eigenvalue weighted by Crippen LogP contribution is 2.09. The fourth-order valence-corrected chi connectivity index (χ4v) is 3.11. The predicted molar refractivity (Wildman–Crippen MR) is 123 cm³/mol. The van der Waals surface area contributed by atoms with Crippen LogP contribution in [-0.2, 0) is 11.3 Å². The molecule has 0 aliphatic carbocycles. The SMILES string of the molecule is CN=C(NCCCN1CCCCCC1)NCC(=O)NCc1ccccc1.I. The van der Waals surface area contributed by atoms with Crippen LogP contribution in [-0.4, -0.2) is 56.5 Å². The van der Waals surface area contributed by atoms with Crippen molar-refractivity contribution in [1.82, 2.24) is 20.9 Å². The van der Waals surface area contributed by atoms with E-state index in [4.69, 9.17) is 0 Å². The Kier molecular flexibility index (Phi) is 12.9.